The van der Waals surface area contributed by atoms with Crippen LogP contribution in [0, 0.1) is 18.8 Å². The minimum Gasteiger partial charge on any atom is -0.490 e. The van der Waals surface area contributed by atoms with Crippen LogP contribution >= 0.6 is 0 Å². The summed E-state index contributed by atoms with van der Waals surface area (Å²) in [5, 5.41) is 11.5. The van der Waals surface area contributed by atoms with Crippen molar-refractivity contribution in [3.63, 3.8) is 0 Å². The third-order valence-electron chi connectivity index (χ3n) is 6.36. The first kappa shape index (κ1) is 22.6. The highest BCUT2D eigenvalue weighted by Gasteiger charge is 2.41. The third-order valence-corrected chi connectivity index (χ3v) is 6.36. The monoisotopic (exact) mass is 476 g/mol. The lowest BCUT2D eigenvalue weighted by atomic mass is 9.87. The molecule has 3 aromatic heterocycles. The molecule has 0 spiro atoms. The zero-order valence-electron chi connectivity index (χ0n) is 18.8. The summed E-state index contributed by atoms with van der Waals surface area (Å²) in [4.78, 5) is 15.6. The molecule has 2 aliphatic heterocycles. The Bertz CT molecular complexity index is 1140. The number of piperidine rings is 1. The second kappa shape index (κ2) is 9.24. The SMILES string of the molecule is Cc1nccc(N2CC3CCN[C@@H](Nc4nc5c(OCCCC(F)(F)F)cccn5n4)[C@@H]3C2)n1. The van der Waals surface area contributed by atoms with Crippen LogP contribution in [0.5, 0.6) is 5.75 Å². The number of pyridine rings is 1. The van der Waals surface area contributed by atoms with Crippen LogP contribution in [0.3, 0.4) is 0 Å². The summed E-state index contributed by atoms with van der Waals surface area (Å²) in [6.07, 6.45) is -0.580. The number of ether oxygens (including phenoxy) is 1. The number of nitrogens with zero attached hydrogens (tertiary/aromatic N) is 6. The molecule has 34 heavy (non-hydrogen) atoms. The summed E-state index contributed by atoms with van der Waals surface area (Å²) in [5.41, 5.74) is 0.467. The molecule has 12 heteroatoms. The van der Waals surface area contributed by atoms with E-state index in [0.29, 0.717) is 29.2 Å². The van der Waals surface area contributed by atoms with E-state index in [4.69, 9.17) is 4.74 Å². The Hall–Kier alpha value is -3.15. The van der Waals surface area contributed by atoms with Crippen LogP contribution in [0.2, 0.25) is 0 Å². The van der Waals surface area contributed by atoms with Gasteiger partial charge in [-0.05, 0) is 50.4 Å². The van der Waals surface area contributed by atoms with Gasteiger partial charge in [0.05, 0.1) is 12.8 Å². The molecule has 0 bridgehead atoms. The predicted octanol–water partition coefficient (Wildman–Crippen LogP) is 3.03. The molecule has 0 aliphatic carbocycles. The van der Waals surface area contributed by atoms with Gasteiger partial charge in [0.15, 0.2) is 11.4 Å². The smallest absolute Gasteiger partial charge is 0.389 e. The maximum absolute atomic E-state index is 12.4. The first-order valence-electron chi connectivity index (χ1n) is 11.5. The lowest BCUT2D eigenvalue weighted by Crippen LogP contribution is -2.50. The summed E-state index contributed by atoms with van der Waals surface area (Å²) in [6, 6.07) is 5.37. The van der Waals surface area contributed by atoms with Gasteiger partial charge < -0.3 is 15.0 Å². The highest BCUT2D eigenvalue weighted by Crippen LogP contribution is 2.34. The topological polar surface area (TPSA) is 92.5 Å². The van der Waals surface area contributed by atoms with Gasteiger partial charge in [0.2, 0.25) is 5.95 Å². The van der Waals surface area contributed by atoms with Crippen LogP contribution in [0.25, 0.3) is 5.65 Å². The average molecular weight is 477 g/mol. The van der Waals surface area contributed by atoms with Gasteiger partial charge in [-0.1, -0.05) is 0 Å². The Morgan fingerprint density at radius 2 is 2.12 bits per heavy atom. The van der Waals surface area contributed by atoms with Gasteiger partial charge in [-0.3, -0.25) is 5.32 Å². The van der Waals surface area contributed by atoms with Crippen molar-refractivity contribution in [2.24, 2.45) is 11.8 Å². The molecular formula is C22H27F3N8O. The van der Waals surface area contributed by atoms with Crippen LogP contribution < -0.4 is 20.3 Å². The molecule has 9 nitrogen and oxygen atoms in total. The summed E-state index contributed by atoms with van der Waals surface area (Å²) >= 11 is 0. The molecular weight excluding hydrogens is 449 g/mol. The summed E-state index contributed by atoms with van der Waals surface area (Å²) in [7, 11) is 0. The van der Waals surface area contributed by atoms with Crippen LogP contribution in [0.1, 0.15) is 25.1 Å². The molecule has 182 valence electrons. The fraction of sp³-hybridized carbons (Fsp3) is 0.545. The number of hydrogen-bond donors (Lipinski definition) is 2. The predicted molar refractivity (Wildman–Crippen MR) is 120 cm³/mol. The van der Waals surface area contributed by atoms with Crippen LogP contribution in [-0.4, -0.2) is 63.1 Å². The van der Waals surface area contributed by atoms with Crippen molar-refractivity contribution in [1.29, 1.82) is 0 Å². The van der Waals surface area contributed by atoms with Crippen molar-refractivity contribution >= 4 is 17.4 Å². The van der Waals surface area contributed by atoms with E-state index in [9.17, 15) is 13.2 Å². The van der Waals surface area contributed by atoms with Crippen molar-refractivity contribution in [3.8, 4) is 5.75 Å². The van der Waals surface area contributed by atoms with Crippen molar-refractivity contribution in [1.82, 2.24) is 29.9 Å². The van der Waals surface area contributed by atoms with Gasteiger partial charge in [0.1, 0.15) is 11.6 Å². The van der Waals surface area contributed by atoms with Gasteiger partial charge in [-0.25, -0.2) is 14.5 Å². The zero-order valence-corrected chi connectivity index (χ0v) is 18.8. The molecule has 2 saturated heterocycles. The fourth-order valence-corrected chi connectivity index (χ4v) is 4.77. The standard InChI is InChI=1S/C22H27F3N8O/c1-14-26-9-6-18(28-14)32-12-15-5-8-27-19(16(15)13-32)29-21-30-20-17(4-2-10-33(20)31-21)34-11-3-7-22(23,24)25/h2,4,6,9-10,15-16,19,27H,3,5,7-8,11-13H2,1H3,(H,29,31)/t15?,16-,19+/m1/s1. The molecule has 3 atom stereocenters. The molecule has 0 amide bonds. The minimum absolute atomic E-state index is 0.0137. The van der Waals surface area contributed by atoms with E-state index >= 15 is 0 Å². The van der Waals surface area contributed by atoms with Crippen LogP contribution in [0.4, 0.5) is 24.9 Å². The molecule has 0 aromatic carbocycles. The molecule has 3 aromatic rings. The van der Waals surface area contributed by atoms with Gasteiger partial charge in [0.25, 0.3) is 0 Å². The number of halogens is 3. The minimum atomic E-state index is -4.19. The summed E-state index contributed by atoms with van der Waals surface area (Å²) in [5.74, 6) is 3.41. The highest BCUT2D eigenvalue weighted by atomic mass is 19.4. The lowest BCUT2D eigenvalue weighted by Gasteiger charge is -2.33. The van der Waals surface area contributed by atoms with E-state index in [0.717, 1.165) is 37.7 Å². The van der Waals surface area contributed by atoms with E-state index in [1.807, 2.05) is 13.0 Å². The molecule has 2 aliphatic rings. The highest BCUT2D eigenvalue weighted by molar-refractivity contribution is 5.55. The molecule has 5 rings (SSSR count). The third kappa shape index (κ3) is 5.01. The molecule has 0 saturated carbocycles. The Balaban J connectivity index is 1.26. The zero-order chi connectivity index (χ0) is 23.7. The second-order valence-electron chi connectivity index (χ2n) is 8.80. The van der Waals surface area contributed by atoms with Gasteiger partial charge in [-0.2, -0.15) is 18.2 Å². The first-order chi connectivity index (χ1) is 16.4. The van der Waals surface area contributed by atoms with Gasteiger partial charge in [-0.15, -0.1) is 5.10 Å². The van der Waals surface area contributed by atoms with Crippen LogP contribution in [0.15, 0.2) is 30.6 Å². The maximum atomic E-state index is 12.4. The number of aromatic nitrogens is 5. The van der Waals surface area contributed by atoms with Gasteiger partial charge in [0, 0.05) is 37.8 Å². The molecule has 5 heterocycles. The number of anilines is 2. The number of aryl methyl sites for hydroxylation is 1. The molecule has 0 radical (unpaired) electrons. The van der Waals surface area contributed by atoms with Crippen molar-refractivity contribution < 1.29 is 17.9 Å². The quantitative estimate of drug-likeness (QED) is 0.503. The number of fused-ring (bicyclic) bond motifs is 2. The summed E-state index contributed by atoms with van der Waals surface area (Å²) in [6.45, 7) is 4.53. The van der Waals surface area contributed by atoms with Crippen LogP contribution in [-0.2, 0) is 0 Å². The van der Waals surface area contributed by atoms with E-state index in [-0.39, 0.29) is 19.2 Å². The Morgan fingerprint density at radius 3 is 2.94 bits per heavy atom. The Morgan fingerprint density at radius 1 is 1.24 bits per heavy atom. The number of alkyl halides is 3. The van der Waals surface area contributed by atoms with Crippen molar-refractivity contribution in [2.75, 3.05) is 36.5 Å². The summed E-state index contributed by atoms with van der Waals surface area (Å²) < 4.78 is 44.3. The molecule has 2 N–H and O–H groups in total. The maximum Gasteiger partial charge on any atom is 0.389 e. The molecule has 2 fully saturated rings. The van der Waals surface area contributed by atoms with Gasteiger partial charge >= 0.3 is 6.18 Å². The average Bonchev–Trinajstić information content (AvgIpc) is 3.41. The fourth-order valence-electron chi connectivity index (χ4n) is 4.77. The number of nitrogens with one attached hydrogen (secondary N) is 2. The Kier molecular flexibility index (Phi) is 6.15. The number of hydrogen-bond acceptors (Lipinski definition) is 8. The largest absolute Gasteiger partial charge is 0.490 e. The lowest BCUT2D eigenvalue weighted by molar-refractivity contribution is -0.136. The second-order valence-corrected chi connectivity index (χ2v) is 8.80. The molecule has 1 unspecified atom stereocenters. The van der Waals surface area contributed by atoms with Crippen molar-refractivity contribution in [3.05, 3.63) is 36.4 Å². The Labute approximate surface area is 194 Å². The van der Waals surface area contributed by atoms with E-state index in [1.165, 1.54) is 0 Å². The van der Waals surface area contributed by atoms with E-state index in [2.05, 4.69) is 35.6 Å². The van der Waals surface area contributed by atoms with E-state index in [1.54, 1.807) is 29.0 Å². The normalized spacial score (nSPS) is 22.7. The first-order valence-corrected chi connectivity index (χ1v) is 11.5. The number of rotatable bonds is 7. The van der Waals surface area contributed by atoms with E-state index < -0.39 is 12.6 Å². The van der Waals surface area contributed by atoms with Crippen molar-refractivity contribution in [2.45, 2.75) is 38.5 Å².